The van der Waals surface area contributed by atoms with E-state index in [0.29, 0.717) is 6.42 Å². The first-order chi connectivity index (χ1) is 22.8. The van der Waals surface area contributed by atoms with Crippen LogP contribution >= 0.6 is 7.82 Å². The molecule has 0 rings (SSSR count). The minimum Gasteiger partial charge on any atom is -0.462 e. The van der Waals surface area contributed by atoms with Crippen molar-refractivity contribution in [3.05, 3.63) is 36.5 Å². The van der Waals surface area contributed by atoms with Crippen LogP contribution in [0.2, 0.25) is 0 Å². The lowest BCUT2D eigenvalue weighted by Crippen LogP contribution is -2.29. The molecule has 0 aliphatic carbocycles. The number of carbonyl (C=O) groups excluding carboxylic acids is 2. The van der Waals surface area contributed by atoms with Crippen molar-refractivity contribution in [3.8, 4) is 0 Å². The topological polar surface area (TPSA) is 119 Å². The molecule has 0 heterocycles. The monoisotopic (exact) mass is 684 g/mol. The molecule has 0 aromatic rings. The Hall–Kier alpha value is -1.73. The Morgan fingerprint density at radius 1 is 0.553 bits per heavy atom. The number of rotatable bonds is 34. The minimum atomic E-state index is -4.75. The number of hydrogen-bond donors (Lipinski definition) is 2. The number of phosphoric acid groups is 1. The highest BCUT2D eigenvalue weighted by Gasteiger charge is 2.22. The van der Waals surface area contributed by atoms with Crippen LogP contribution < -0.4 is 0 Å². The zero-order chi connectivity index (χ0) is 34.7. The van der Waals surface area contributed by atoms with E-state index in [0.717, 1.165) is 70.6 Å². The van der Waals surface area contributed by atoms with Crippen LogP contribution in [0, 0.1) is 0 Å². The molecule has 0 saturated carbocycles. The summed E-state index contributed by atoms with van der Waals surface area (Å²) >= 11 is 0. The maximum Gasteiger partial charge on any atom is 0.469 e. The minimum absolute atomic E-state index is 0.198. The molecule has 9 heteroatoms. The van der Waals surface area contributed by atoms with Crippen molar-refractivity contribution in [1.29, 1.82) is 0 Å². The fourth-order valence-electron chi connectivity index (χ4n) is 5.08. The first-order valence-electron chi connectivity index (χ1n) is 18.8. The van der Waals surface area contributed by atoms with Gasteiger partial charge in [-0.25, -0.2) is 4.57 Å². The van der Waals surface area contributed by atoms with Gasteiger partial charge in [-0.15, -0.1) is 0 Å². The zero-order valence-corrected chi connectivity index (χ0v) is 30.8. The van der Waals surface area contributed by atoms with Gasteiger partial charge in [0.25, 0.3) is 0 Å². The molecule has 0 fully saturated rings. The number of phosphoric ester groups is 1. The SMILES string of the molecule is CCCCC/C=C\C/C=C\C/C=C\CCCCCCCCC(=O)OC(COC(=O)CCCCCCCCCCCC)COP(=O)(O)O. The molecule has 0 aliphatic rings. The smallest absolute Gasteiger partial charge is 0.462 e. The molecular formula is C38H69O8P. The Labute approximate surface area is 287 Å². The van der Waals surface area contributed by atoms with Gasteiger partial charge in [-0.2, -0.15) is 0 Å². The summed E-state index contributed by atoms with van der Waals surface area (Å²) in [6.45, 7) is 3.62. The van der Waals surface area contributed by atoms with Crippen molar-refractivity contribution in [3.63, 3.8) is 0 Å². The summed E-state index contributed by atoms with van der Waals surface area (Å²) < 4.78 is 26.3. The summed E-state index contributed by atoms with van der Waals surface area (Å²) in [6, 6.07) is 0. The molecule has 0 aliphatic heterocycles. The van der Waals surface area contributed by atoms with Gasteiger partial charge in [0, 0.05) is 12.8 Å². The zero-order valence-electron chi connectivity index (χ0n) is 29.9. The normalized spacial score (nSPS) is 12.9. The maximum atomic E-state index is 12.3. The largest absolute Gasteiger partial charge is 0.469 e. The van der Waals surface area contributed by atoms with Crippen molar-refractivity contribution in [2.24, 2.45) is 0 Å². The van der Waals surface area contributed by atoms with Crippen LogP contribution in [0.3, 0.4) is 0 Å². The van der Waals surface area contributed by atoms with Crippen LogP contribution in [-0.2, 0) is 28.2 Å². The molecule has 47 heavy (non-hydrogen) atoms. The Balaban J connectivity index is 3.97. The lowest BCUT2D eigenvalue weighted by Gasteiger charge is -2.18. The van der Waals surface area contributed by atoms with Gasteiger partial charge < -0.3 is 19.3 Å². The molecule has 274 valence electrons. The van der Waals surface area contributed by atoms with Crippen molar-refractivity contribution < 1.29 is 37.9 Å². The van der Waals surface area contributed by atoms with Crippen LogP contribution in [0.25, 0.3) is 0 Å². The molecule has 0 aromatic heterocycles. The fraction of sp³-hybridized carbons (Fsp3) is 0.789. The van der Waals surface area contributed by atoms with Crippen LogP contribution in [0.5, 0.6) is 0 Å². The first kappa shape index (κ1) is 45.3. The highest BCUT2D eigenvalue weighted by atomic mass is 31.2. The summed E-state index contributed by atoms with van der Waals surface area (Å²) in [4.78, 5) is 42.6. The quantitative estimate of drug-likeness (QED) is 0.0297. The molecule has 1 atom stereocenters. The number of carbonyl (C=O) groups is 2. The molecule has 0 bridgehead atoms. The number of esters is 2. The fourth-order valence-corrected chi connectivity index (χ4v) is 5.45. The van der Waals surface area contributed by atoms with Crippen LogP contribution in [0.15, 0.2) is 36.5 Å². The van der Waals surface area contributed by atoms with E-state index in [4.69, 9.17) is 19.3 Å². The number of unbranched alkanes of at least 4 members (excludes halogenated alkanes) is 18. The van der Waals surface area contributed by atoms with Crippen molar-refractivity contribution >= 4 is 19.8 Å². The van der Waals surface area contributed by atoms with Gasteiger partial charge in [0.15, 0.2) is 6.10 Å². The molecular weight excluding hydrogens is 615 g/mol. The average molecular weight is 685 g/mol. The third-order valence-corrected chi connectivity index (χ3v) is 8.40. The highest BCUT2D eigenvalue weighted by Crippen LogP contribution is 2.36. The number of hydrogen-bond acceptors (Lipinski definition) is 6. The Kier molecular flexibility index (Phi) is 32.9. The predicted octanol–water partition coefficient (Wildman–Crippen LogP) is 11.0. The molecule has 0 saturated heterocycles. The van der Waals surface area contributed by atoms with Crippen LogP contribution in [0.4, 0.5) is 0 Å². The van der Waals surface area contributed by atoms with E-state index >= 15 is 0 Å². The predicted molar refractivity (Wildman–Crippen MR) is 193 cm³/mol. The second kappa shape index (κ2) is 34.1. The molecule has 8 nitrogen and oxygen atoms in total. The second-order valence-electron chi connectivity index (χ2n) is 12.6. The molecule has 0 aromatic carbocycles. The Morgan fingerprint density at radius 2 is 0.957 bits per heavy atom. The maximum absolute atomic E-state index is 12.3. The van der Waals surface area contributed by atoms with Crippen LogP contribution in [-0.4, -0.2) is 41.0 Å². The average Bonchev–Trinajstić information content (AvgIpc) is 3.04. The third kappa shape index (κ3) is 36.9. The molecule has 0 amide bonds. The van der Waals surface area contributed by atoms with E-state index in [9.17, 15) is 14.2 Å². The molecule has 0 radical (unpaired) electrons. The van der Waals surface area contributed by atoms with Gasteiger partial charge in [0.2, 0.25) is 0 Å². The summed E-state index contributed by atoms with van der Waals surface area (Å²) in [5.41, 5.74) is 0. The highest BCUT2D eigenvalue weighted by molar-refractivity contribution is 7.46. The lowest BCUT2D eigenvalue weighted by molar-refractivity contribution is -0.161. The Morgan fingerprint density at radius 3 is 1.47 bits per heavy atom. The first-order valence-corrected chi connectivity index (χ1v) is 20.3. The van der Waals surface area contributed by atoms with Crippen molar-refractivity contribution in [2.45, 2.75) is 180 Å². The summed E-state index contributed by atoms with van der Waals surface area (Å²) in [6.07, 6.45) is 38.6. The second-order valence-corrected chi connectivity index (χ2v) is 13.8. The van der Waals surface area contributed by atoms with Gasteiger partial charge in [-0.3, -0.25) is 14.1 Å². The lowest BCUT2D eigenvalue weighted by atomic mass is 10.1. The molecule has 2 N–H and O–H groups in total. The van der Waals surface area contributed by atoms with Crippen molar-refractivity contribution in [2.75, 3.05) is 13.2 Å². The van der Waals surface area contributed by atoms with E-state index in [1.165, 1.54) is 70.6 Å². The van der Waals surface area contributed by atoms with E-state index in [1.807, 2.05) is 0 Å². The third-order valence-electron chi connectivity index (χ3n) is 7.91. The van der Waals surface area contributed by atoms with Gasteiger partial charge >= 0.3 is 19.8 Å². The van der Waals surface area contributed by atoms with Gasteiger partial charge in [-0.1, -0.05) is 147 Å². The summed E-state index contributed by atoms with van der Waals surface area (Å²) in [7, 11) is -4.75. The van der Waals surface area contributed by atoms with E-state index in [-0.39, 0.29) is 19.4 Å². The number of allylic oxidation sites excluding steroid dienone is 6. The van der Waals surface area contributed by atoms with Gasteiger partial charge in [0.05, 0.1) is 6.61 Å². The molecule has 0 spiro atoms. The van der Waals surface area contributed by atoms with E-state index in [2.05, 4.69) is 54.8 Å². The van der Waals surface area contributed by atoms with Crippen molar-refractivity contribution in [1.82, 2.24) is 0 Å². The standard InChI is InChI=1S/C38H69O8P/c1-3-5-7-9-11-13-15-16-17-18-19-20-21-22-23-25-27-29-31-33-38(40)46-36(35-45-47(41,42)43)34-44-37(39)32-30-28-26-24-14-12-10-8-6-4-2/h11,13,16-17,19-20,36H,3-10,12,14-15,18,21-35H2,1-2H3,(H2,41,42,43)/b13-11-,17-16-,20-19-. The summed E-state index contributed by atoms with van der Waals surface area (Å²) in [5, 5.41) is 0. The van der Waals surface area contributed by atoms with E-state index < -0.39 is 32.5 Å². The van der Waals surface area contributed by atoms with Gasteiger partial charge in [0.1, 0.15) is 6.61 Å². The summed E-state index contributed by atoms with van der Waals surface area (Å²) in [5.74, 6) is -0.900. The number of ether oxygens (including phenoxy) is 2. The molecule has 1 unspecified atom stereocenters. The van der Waals surface area contributed by atoms with Gasteiger partial charge in [-0.05, 0) is 51.4 Å². The van der Waals surface area contributed by atoms with E-state index in [1.54, 1.807) is 0 Å². The Bertz CT molecular complexity index is 864. The van der Waals surface area contributed by atoms with Crippen LogP contribution in [0.1, 0.15) is 174 Å².